The minimum absolute atomic E-state index is 0.109. The van der Waals surface area contributed by atoms with Gasteiger partial charge in [0, 0.05) is 19.8 Å². The van der Waals surface area contributed by atoms with Crippen molar-refractivity contribution in [3.05, 3.63) is 78.4 Å². The highest BCUT2D eigenvalue weighted by molar-refractivity contribution is 7.89. The topological polar surface area (TPSA) is 75.7 Å². The van der Waals surface area contributed by atoms with Gasteiger partial charge in [0.15, 0.2) is 6.61 Å². The second-order valence-corrected chi connectivity index (χ2v) is 9.19. The number of benzene rings is 3. The van der Waals surface area contributed by atoms with Crippen LogP contribution in [0.2, 0.25) is 0 Å². The molecule has 0 saturated heterocycles. The number of ether oxygens (including phenoxy) is 1. The Morgan fingerprint density at radius 3 is 2.13 bits per heavy atom. The predicted molar refractivity (Wildman–Crippen MR) is 118 cm³/mol. The molecule has 0 aliphatic carbocycles. The van der Waals surface area contributed by atoms with Crippen molar-refractivity contribution in [3.8, 4) is 16.9 Å². The standard InChI is InChI=1S/C23H24N2O4S/c1-17-7-9-18(10-8-17)19-11-13-21(14-12-19)29-16-23(26)24-20-5-4-6-22(15-20)30(27,28)25(2)3/h4-15H,16H2,1-3H3,(H,24,26). The lowest BCUT2D eigenvalue weighted by atomic mass is 10.0. The normalized spacial score (nSPS) is 11.3. The number of carbonyl (C=O) groups excluding carboxylic acids is 1. The van der Waals surface area contributed by atoms with Crippen LogP contribution in [0.15, 0.2) is 77.7 Å². The molecule has 0 aliphatic rings. The number of nitrogens with zero attached hydrogens (tertiary/aromatic N) is 1. The summed E-state index contributed by atoms with van der Waals surface area (Å²) >= 11 is 0. The number of rotatable bonds is 7. The highest BCUT2D eigenvalue weighted by Gasteiger charge is 2.17. The van der Waals surface area contributed by atoms with E-state index in [1.165, 1.54) is 31.8 Å². The van der Waals surface area contributed by atoms with Gasteiger partial charge in [-0.25, -0.2) is 12.7 Å². The molecule has 0 aliphatic heterocycles. The fourth-order valence-corrected chi connectivity index (χ4v) is 3.73. The predicted octanol–water partition coefficient (Wildman–Crippen LogP) is 3.93. The SMILES string of the molecule is Cc1ccc(-c2ccc(OCC(=O)Nc3cccc(S(=O)(=O)N(C)C)c3)cc2)cc1. The highest BCUT2D eigenvalue weighted by Crippen LogP contribution is 2.23. The van der Waals surface area contributed by atoms with E-state index in [1.54, 1.807) is 12.1 Å². The molecular weight excluding hydrogens is 400 g/mol. The van der Waals surface area contributed by atoms with Crippen LogP contribution in [0.5, 0.6) is 5.75 Å². The Labute approximate surface area is 177 Å². The molecule has 3 rings (SSSR count). The molecule has 0 saturated carbocycles. The molecule has 1 amide bonds. The Morgan fingerprint density at radius 2 is 1.53 bits per heavy atom. The van der Waals surface area contributed by atoms with Crippen LogP contribution in [0.25, 0.3) is 11.1 Å². The number of carbonyl (C=O) groups is 1. The number of hydrogen-bond acceptors (Lipinski definition) is 4. The zero-order valence-corrected chi connectivity index (χ0v) is 17.9. The largest absolute Gasteiger partial charge is 0.484 e. The quantitative estimate of drug-likeness (QED) is 0.624. The van der Waals surface area contributed by atoms with Crippen molar-refractivity contribution in [2.75, 3.05) is 26.0 Å². The van der Waals surface area contributed by atoms with Crippen LogP contribution in [-0.4, -0.2) is 39.3 Å². The summed E-state index contributed by atoms with van der Waals surface area (Å²) in [5.74, 6) is 0.196. The smallest absolute Gasteiger partial charge is 0.262 e. The molecule has 0 spiro atoms. The van der Waals surface area contributed by atoms with E-state index in [2.05, 4.69) is 29.6 Å². The monoisotopic (exact) mass is 424 g/mol. The van der Waals surface area contributed by atoms with Crippen molar-refractivity contribution >= 4 is 21.6 Å². The van der Waals surface area contributed by atoms with Gasteiger partial charge >= 0.3 is 0 Å². The molecule has 1 N–H and O–H groups in total. The van der Waals surface area contributed by atoms with Crippen molar-refractivity contribution in [2.24, 2.45) is 0 Å². The van der Waals surface area contributed by atoms with Gasteiger partial charge in [0.25, 0.3) is 5.91 Å². The fourth-order valence-electron chi connectivity index (χ4n) is 2.78. The Morgan fingerprint density at radius 1 is 0.933 bits per heavy atom. The van der Waals surface area contributed by atoms with E-state index in [0.29, 0.717) is 11.4 Å². The number of sulfonamides is 1. The average Bonchev–Trinajstić information content (AvgIpc) is 2.73. The Kier molecular flexibility index (Phi) is 6.54. The summed E-state index contributed by atoms with van der Waals surface area (Å²) in [5.41, 5.74) is 3.76. The maximum atomic E-state index is 12.2. The van der Waals surface area contributed by atoms with Gasteiger partial charge in [-0.2, -0.15) is 0 Å². The minimum Gasteiger partial charge on any atom is -0.484 e. The minimum atomic E-state index is -3.57. The van der Waals surface area contributed by atoms with Crippen LogP contribution >= 0.6 is 0 Å². The number of aryl methyl sites for hydroxylation is 1. The van der Waals surface area contributed by atoms with E-state index >= 15 is 0 Å². The number of nitrogens with one attached hydrogen (secondary N) is 1. The first-order valence-corrected chi connectivity index (χ1v) is 10.8. The van der Waals surface area contributed by atoms with Crippen LogP contribution in [-0.2, 0) is 14.8 Å². The highest BCUT2D eigenvalue weighted by atomic mass is 32.2. The lowest BCUT2D eigenvalue weighted by Crippen LogP contribution is -2.23. The maximum absolute atomic E-state index is 12.2. The van der Waals surface area contributed by atoms with E-state index in [1.807, 2.05) is 31.2 Å². The molecule has 30 heavy (non-hydrogen) atoms. The third-order valence-corrected chi connectivity index (χ3v) is 6.32. The van der Waals surface area contributed by atoms with Crippen molar-refractivity contribution in [2.45, 2.75) is 11.8 Å². The van der Waals surface area contributed by atoms with E-state index < -0.39 is 10.0 Å². The number of anilines is 1. The molecule has 3 aromatic rings. The van der Waals surface area contributed by atoms with Gasteiger partial charge in [0.1, 0.15) is 5.75 Å². The van der Waals surface area contributed by atoms with E-state index in [-0.39, 0.29) is 17.4 Å². The third kappa shape index (κ3) is 5.25. The summed E-state index contributed by atoms with van der Waals surface area (Å²) in [5, 5.41) is 2.66. The molecule has 0 atom stereocenters. The first-order chi connectivity index (χ1) is 14.3. The maximum Gasteiger partial charge on any atom is 0.262 e. The molecule has 156 valence electrons. The second-order valence-electron chi connectivity index (χ2n) is 7.04. The lowest BCUT2D eigenvalue weighted by Gasteiger charge is -2.13. The first kappa shape index (κ1) is 21.5. The number of hydrogen-bond donors (Lipinski definition) is 1. The number of amides is 1. The van der Waals surface area contributed by atoms with Crippen LogP contribution in [0.1, 0.15) is 5.56 Å². The van der Waals surface area contributed by atoms with Crippen LogP contribution in [0, 0.1) is 6.92 Å². The summed E-state index contributed by atoms with van der Waals surface area (Å²) in [6, 6.07) is 21.8. The summed E-state index contributed by atoms with van der Waals surface area (Å²) < 4.78 is 31.1. The molecule has 7 heteroatoms. The van der Waals surface area contributed by atoms with E-state index in [4.69, 9.17) is 4.74 Å². The van der Waals surface area contributed by atoms with Crippen molar-refractivity contribution in [1.29, 1.82) is 0 Å². The van der Waals surface area contributed by atoms with Crippen molar-refractivity contribution < 1.29 is 17.9 Å². The van der Waals surface area contributed by atoms with Crippen molar-refractivity contribution in [1.82, 2.24) is 4.31 Å². The van der Waals surface area contributed by atoms with Crippen molar-refractivity contribution in [3.63, 3.8) is 0 Å². The molecule has 6 nitrogen and oxygen atoms in total. The van der Waals surface area contributed by atoms with Gasteiger partial charge in [0.2, 0.25) is 10.0 Å². The molecule has 0 bridgehead atoms. The zero-order chi connectivity index (χ0) is 21.7. The molecule has 3 aromatic carbocycles. The second kappa shape index (κ2) is 9.11. The zero-order valence-electron chi connectivity index (χ0n) is 17.1. The summed E-state index contributed by atoms with van der Waals surface area (Å²) in [6.07, 6.45) is 0. The molecule has 0 heterocycles. The third-order valence-electron chi connectivity index (χ3n) is 4.51. The van der Waals surface area contributed by atoms with E-state index in [9.17, 15) is 13.2 Å². The summed E-state index contributed by atoms with van der Waals surface area (Å²) in [7, 11) is -0.655. The summed E-state index contributed by atoms with van der Waals surface area (Å²) in [6.45, 7) is 1.86. The molecule has 0 radical (unpaired) electrons. The molecule has 0 unspecified atom stereocenters. The van der Waals surface area contributed by atoms with Gasteiger partial charge in [0.05, 0.1) is 4.90 Å². The van der Waals surface area contributed by atoms with E-state index in [0.717, 1.165) is 15.4 Å². The Balaban J connectivity index is 1.59. The molecule has 0 fully saturated rings. The fraction of sp³-hybridized carbons (Fsp3) is 0.174. The van der Waals surface area contributed by atoms with Gasteiger partial charge in [-0.1, -0.05) is 48.0 Å². The van der Waals surface area contributed by atoms with Gasteiger partial charge in [-0.15, -0.1) is 0 Å². The van der Waals surface area contributed by atoms with Gasteiger partial charge in [-0.3, -0.25) is 4.79 Å². The first-order valence-electron chi connectivity index (χ1n) is 9.38. The Bertz CT molecular complexity index is 1120. The Hall–Kier alpha value is -3.16. The summed E-state index contributed by atoms with van der Waals surface area (Å²) in [4.78, 5) is 12.3. The van der Waals surface area contributed by atoms with Crippen LogP contribution in [0.3, 0.4) is 0 Å². The van der Waals surface area contributed by atoms with Crippen LogP contribution < -0.4 is 10.1 Å². The average molecular weight is 425 g/mol. The van der Waals surface area contributed by atoms with Gasteiger partial charge in [-0.05, 0) is 48.4 Å². The molecular formula is C23H24N2O4S. The van der Waals surface area contributed by atoms with Gasteiger partial charge < -0.3 is 10.1 Å². The molecule has 0 aromatic heterocycles. The van der Waals surface area contributed by atoms with Crippen LogP contribution in [0.4, 0.5) is 5.69 Å². The lowest BCUT2D eigenvalue weighted by molar-refractivity contribution is -0.118.